The lowest BCUT2D eigenvalue weighted by molar-refractivity contribution is -0.147. The molecule has 1 aliphatic heterocycles. The highest BCUT2D eigenvalue weighted by molar-refractivity contribution is 6.04. The maximum absolute atomic E-state index is 12.7. The number of amides is 3. The van der Waals surface area contributed by atoms with E-state index in [1.165, 1.54) is 4.90 Å². The molecule has 0 radical (unpaired) electrons. The zero-order valence-corrected chi connectivity index (χ0v) is 19.6. The van der Waals surface area contributed by atoms with Crippen LogP contribution in [0.3, 0.4) is 0 Å². The smallest absolute Gasteiger partial charge is 0.308 e. The first kappa shape index (κ1) is 24.3. The number of benzene rings is 2. The van der Waals surface area contributed by atoms with Crippen molar-refractivity contribution in [1.29, 1.82) is 0 Å². The van der Waals surface area contributed by atoms with Crippen LogP contribution in [0.1, 0.15) is 49.4 Å². The number of hydrogen-bond donors (Lipinski definition) is 2. The number of fused-ring (bicyclic) bond motifs is 1. The Kier molecular flexibility index (Phi) is 7.64. The molecule has 9 heteroatoms. The summed E-state index contributed by atoms with van der Waals surface area (Å²) in [6, 6.07) is 14.0. The van der Waals surface area contributed by atoms with Crippen molar-refractivity contribution >= 4 is 35.1 Å². The van der Waals surface area contributed by atoms with Gasteiger partial charge in [0.15, 0.2) is 12.7 Å². The summed E-state index contributed by atoms with van der Waals surface area (Å²) in [5.74, 6) is -1.09. The second-order valence-corrected chi connectivity index (χ2v) is 8.68. The van der Waals surface area contributed by atoms with Gasteiger partial charge in [0, 0.05) is 12.6 Å². The SMILES string of the molecule is CC1Oc2ccccc2N(CCC(=O)OCC(=O)Nc2ccccc2C(=O)NC2CCCC2)C1=O. The quantitative estimate of drug-likeness (QED) is 0.563. The third kappa shape index (κ3) is 5.98. The average molecular weight is 480 g/mol. The predicted octanol–water partition coefficient (Wildman–Crippen LogP) is 3.04. The second-order valence-electron chi connectivity index (χ2n) is 8.68. The van der Waals surface area contributed by atoms with E-state index in [0.29, 0.717) is 22.7 Å². The van der Waals surface area contributed by atoms with E-state index in [2.05, 4.69) is 10.6 Å². The Morgan fingerprint density at radius 3 is 2.57 bits per heavy atom. The van der Waals surface area contributed by atoms with Crippen molar-refractivity contribution in [1.82, 2.24) is 5.32 Å². The number of rotatable bonds is 8. The summed E-state index contributed by atoms with van der Waals surface area (Å²) >= 11 is 0. The lowest BCUT2D eigenvalue weighted by Gasteiger charge is -2.32. The highest BCUT2D eigenvalue weighted by atomic mass is 16.5. The molecule has 0 spiro atoms. The molecule has 1 saturated carbocycles. The number of para-hydroxylation sites is 3. The first-order valence-electron chi connectivity index (χ1n) is 11.8. The molecular weight excluding hydrogens is 450 g/mol. The summed E-state index contributed by atoms with van der Waals surface area (Å²) in [5, 5.41) is 5.65. The van der Waals surface area contributed by atoms with E-state index in [0.717, 1.165) is 25.7 Å². The van der Waals surface area contributed by atoms with Gasteiger partial charge in [0.2, 0.25) is 0 Å². The maximum Gasteiger partial charge on any atom is 0.308 e. The molecule has 1 atom stereocenters. The fourth-order valence-electron chi connectivity index (χ4n) is 4.32. The molecule has 9 nitrogen and oxygen atoms in total. The molecule has 0 aromatic heterocycles. The van der Waals surface area contributed by atoms with Gasteiger partial charge in [-0.05, 0) is 44.0 Å². The first-order valence-corrected chi connectivity index (χ1v) is 11.8. The molecule has 4 rings (SSSR count). The minimum Gasteiger partial charge on any atom is -0.479 e. The third-order valence-electron chi connectivity index (χ3n) is 6.11. The molecule has 35 heavy (non-hydrogen) atoms. The Labute approximate surface area is 203 Å². The van der Waals surface area contributed by atoms with Gasteiger partial charge in [0.1, 0.15) is 5.75 Å². The topological polar surface area (TPSA) is 114 Å². The van der Waals surface area contributed by atoms with Gasteiger partial charge in [0.25, 0.3) is 17.7 Å². The van der Waals surface area contributed by atoms with Crippen molar-refractivity contribution < 1.29 is 28.7 Å². The van der Waals surface area contributed by atoms with Crippen LogP contribution >= 0.6 is 0 Å². The molecule has 1 heterocycles. The summed E-state index contributed by atoms with van der Waals surface area (Å²) in [6.45, 7) is 1.26. The third-order valence-corrected chi connectivity index (χ3v) is 6.11. The average Bonchev–Trinajstić information content (AvgIpc) is 3.36. The number of hydrogen-bond acceptors (Lipinski definition) is 6. The van der Waals surface area contributed by atoms with E-state index < -0.39 is 24.6 Å². The Hall–Kier alpha value is -3.88. The Morgan fingerprint density at radius 1 is 1.06 bits per heavy atom. The van der Waals surface area contributed by atoms with E-state index in [1.54, 1.807) is 49.4 Å². The highest BCUT2D eigenvalue weighted by Gasteiger charge is 2.31. The normalized spacial score (nSPS) is 17.3. The van der Waals surface area contributed by atoms with Crippen LogP contribution in [0.5, 0.6) is 5.75 Å². The van der Waals surface area contributed by atoms with E-state index >= 15 is 0 Å². The number of carbonyl (C=O) groups is 4. The molecule has 0 bridgehead atoms. The molecule has 2 aromatic rings. The summed E-state index contributed by atoms with van der Waals surface area (Å²) in [7, 11) is 0. The van der Waals surface area contributed by atoms with Gasteiger partial charge in [-0.1, -0.05) is 37.1 Å². The van der Waals surface area contributed by atoms with Gasteiger partial charge in [-0.15, -0.1) is 0 Å². The van der Waals surface area contributed by atoms with Crippen LogP contribution < -0.4 is 20.3 Å². The van der Waals surface area contributed by atoms with Crippen LogP contribution in [0.2, 0.25) is 0 Å². The van der Waals surface area contributed by atoms with Gasteiger partial charge in [-0.2, -0.15) is 0 Å². The molecule has 1 fully saturated rings. The highest BCUT2D eigenvalue weighted by Crippen LogP contribution is 2.33. The monoisotopic (exact) mass is 479 g/mol. The molecule has 1 aliphatic carbocycles. The van der Waals surface area contributed by atoms with Crippen molar-refractivity contribution in [2.24, 2.45) is 0 Å². The maximum atomic E-state index is 12.7. The minimum absolute atomic E-state index is 0.0829. The number of esters is 1. The van der Waals surface area contributed by atoms with Crippen LogP contribution in [0.4, 0.5) is 11.4 Å². The standard InChI is InChI=1S/C26H29N3O6/c1-17-26(33)29(21-12-6-7-13-22(21)35-17)15-14-24(31)34-16-23(30)28-20-11-5-4-10-19(20)25(32)27-18-8-2-3-9-18/h4-7,10-13,17-18H,2-3,8-9,14-16H2,1H3,(H,27,32)(H,28,30). The number of carbonyl (C=O) groups excluding carboxylic acids is 4. The van der Waals surface area contributed by atoms with Gasteiger partial charge in [-0.3, -0.25) is 19.2 Å². The second kappa shape index (κ2) is 11.0. The molecule has 2 aromatic carbocycles. The number of ether oxygens (including phenoxy) is 2. The largest absolute Gasteiger partial charge is 0.479 e. The lowest BCUT2D eigenvalue weighted by Crippen LogP contribution is -2.45. The first-order chi connectivity index (χ1) is 16.9. The molecule has 3 amide bonds. The summed E-state index contributed by atoms with van der Waals surface area (Å²) in [6.07, 6.45) is 3.37. The fourth-order valence-corrected chi connectivity index (χ4v) is 4.32. The van der Waals surface area contributed by atoms with E-state index in [-0.39, 0.29) is 30.8 Å². The van der Waals surface area contributed by atoms with Gasteiger partial charge < -0.3 is 25.0 Å². The van der Waals surface area contributed by atoms with Crippen molar-refractivity contribution in [2.75, 3.05) is 23.4 Å². The molecule has 184 valence electrons. The zero-order chi connectivity index (χ0) is 24.8. The molecule has 2 N–H and O–H groups in total. The summed E-state index contributed by atoms with van der Waals surface area (Å²) in [4.78, 5) is 51.3. The molecule has 0 saturated heterocycles. The molecule has 1 unspecified atom stereocenters. The molecular formula is C26H29N3O6. The summed E-state index contributed by atoms with van der Waals surface area (Å²) in [5.41, 5.74) is 1.31. The van der Waals surface area contributed by atoms with Crippen molar-refractivity contribution in [3.63, 3.8) is 0 Å². The van der Waals surface area contributed by atoms with Crippen LogP contribution in [-0.4, -0.2) is 49.0 Å². The van der Waals surface area contributed by atoms with Crippen LogP contribution in [0, 0.1) is 0 Å². The van der Waals surface area contributed by atoms with Crippen LogP contribution in [0.15, 0.2) is 48.5 Å². The van der Waals surface area contributed by atoms with Gasteiger partial charge >= 0.3 is 5.97 Å². The Morgan fingerprint density at radius 2 is 1.77 bits per heavy atom. The molecule has 2 aliphatic rings. The van der Waals surface area contributed by atoms with E-state index in [4.69, 9.17) is 9.47 Å². The van der Waals surface area contributed by atoms with Crippen molar-refractivity contribution in [2.45, 2.75) is 51.2 Å². The van der Waals surface area contributed by atoms with E-state index in [1.807, 2.05) is 6.07 Å². The summed E-state index contributed by atoms with van der Waals surface area (Å²) < 4.78 is 10.7. The van der Waals surface area contributed by atoms with Gasteiger partial charge in [0.05, 0.1) is 23.4 Å². The van der Waals surface area contributed by atoms with Crippen molar-refractivity contribution in [3.8, 4) is 5.75 Å². The lowest BCUT2D eigenvalue weighted by atomic mass is 10.1. The number of nitrogens with zero attached hydrogens (tertiary/aromatic N) is 1. The fraction of sp³-hybridized carbons (Fsp3) is 0.385. The Bertz CT molecular complexity index is 1110. The number of nitrogens with one attached hydrogen (secondary N) is 2. The minimum atomic E-state index is -0.655. The van der Waals surface area contributed by atoms with E-state index in [9.17, 15) is 19.2 Å². The van der Waals surface area contributed by atoms with Crippen LogP contribution in [0.25, 0.3) is 0 Å². The predicted molar refractivity (Wildman–Crippen MR) is 129 cm³/mol. The number of anilines is 2. The zero-order valence-electron chi connectivity index (χ0n) is 19.6. The van der Waals surface area contributed by atoms with Crippen molar-refractivity contribution in [3.05, 3.63) is 54.1 Å². The van der Waals surface area contributed by atoms with Crippen LogP contribution in [-0.2, 0) is 19.1 Å². The van der Waals surface area contributed by atoms with Gasteiger partial charge in [-0.25, -0.2) is 0 Å². The Balaban J connectivity index is 1.28.